The molecule has 1 N–H and O–H groups in total. The molecule has 0 saturated carbocycles. The van der Waals surface area contributed by atoms with E-state index >= 15 is 0 Å². The molecule has 1 unspecified atom stereocenters. The normalized spacial score (nSPS) is 11.8. The molecule has 1 aromatic carbocycles. The third-order valence-corrected chi connectivity index (χ3v) is 2.53. The first-order chi connectivity index (χ1) is 8.60. The van der Waals surface area contributed by atoms with Crippen molar-refractivity contribution in [1.29, 1.82) is 0 Å². The molecule has 0 aliphatic heterocycles. The van der Waals surface area contributed by atoms with E-state index in [1.807, 2.05) is 6.92 Å². The van der Waals surface area contributed by atoms with Crippen LogP contribution in [0.4, 0.5) is 13.2 Å². The Morgan fingerprint density at radius 1 is 1.22 bits per heavy atom. The van der Waals surface area contributed by atoms with Gasteiger partial charge >= 0.3 is 0 Å². The van der Waals surface area contributed by atoms with Gasteiger partial charge in [0.2, 0.25) is 0 Å². The monoisotopic (exact) mass is 255 g/mol. The van der Waals surface area contributed by atoms with Gasteiger partial charge in [0, 0.05) is 12.5 Å². The fourth-order valence-corrected chi connectivity index (χ4v) is 1.61. The van der Waals surface area contributed by atoms with Crippen molar-refractivity contribution >= 4 is 0 Å². The molecule has 1 nitrogen and oxygen atoms in total. The van der Waals surface area contributed by atoms with Crippen LogP contribution in [-0.2, 0) is 0 Å². The predicted molar refractivity (Wildman–Crippen MR) is 65.4 cm³/mol. The van der Waals surface area contributed by atoms with E-state index in [1.54, 1.807) is 6.92 Å². The number of benzene rings is 1. The minimum Gasteiger partial charge on any atom is -0.309 e. The highest BCUT2D eigenvalue weighted by Gasteiger charge is 2.16. The Bertz CT molecular complexity index is 437. The molecule has 0 amide bonds. The molecular formula is C14H16F3N. The Morgan fingerprint density at radius 2 is 1.83 bits per heavy atom. The number of hydrogen-bond acceptors (Lipinski definition) is 1. The Labute approximate surface area is 105 Å². The molecule has 18 heavy (non-hydrogen) atoms. The smallest absolute Gasteiger partial charge is 0.194 e. The lowest BCUT2D eigenvalue weighted by atomic mass is 10.0. The second-order valence-corrected chi connectivity index (χ2v) is 3.94. The molecule has 0 bridgehead atoms. The van der Waals surface area contributed by atoms with Crippen LogP contribution in [0.1, 0.15) is 38.3 Å². The lowest BCUT2D eigenvalue weighted by Gasteiger charge is -2.17. The summed E-state index contributed by atoms with van der Waals surface area (Å²) in [5, 5.41) is 3.14. The van der Waals surface area contributed by atoms with Gasteiger partial charge in [0.05, 0.1) is 0 Å². The molecule has 0 heterocycles. The topological polar surface area (TPSA) is 12.0 Å². The molecule has 4 heteroatoms. The van der Waals surface area contributed by atoms with Crippen LogP contribution in [0.5, 0.6) is 0 Å². The van der Waals surface area contributed by atoms with E-state index in [2.05, 4.69) is 17.2 Å². The lowest BCUT2D eigenvalue weighted by molar-refractivity contribution is 0.439. The largest absolute Gasteiger partial charge is 0.309 e. The van der Waals surface area contributed by atoms with Crippen LogP contribution < -0.4 is 5.32 Å². The van der Waals surface area contributed by atoms with Crippen molar-refractivity contribution in [2.45, 2.75) is 32.7 Å². The third kappa shape index (κ3) is 3.78. The van der Waals surface area contributed by atoms with E-state index in [1.165, 1.54) is 0 Å². The van der Waals surface area contributed by atoms with Gasteiger partial charge < -0.3 is 5.32 Å². The number of hydrogen-bond donors (Lipinski definition) is 1. The quantitative estimate of drug-likeness (QED) is 0.626. The summed E-state index contributed by atoms with van der Waals surface area (Å²) in [6.07, 6.45) is 1.32. The van der Waals surface area contributed by atoms with Crippen molar-refractivity contribution in [3.63, 3.8) is 0 Å². The van der Waals surface area contributed by atoms with Crippen molar-refractivity contribution in [2.75, 3.05) is 6.54 Å². The maximum absolute atomic E-state index is 13.2. The highest BCUT2D eigenvalue weighted by molar-refractivity contribution is 5.24. The Balaban J connectivity index is 2.98. The van der Waals surface area contributed by atoms with Crippen LogP contribution in [0.25, 0.3) is 0 Å². The zero-order valence-electron chi connectivity index (χ0n) is 10.5. The van der Waals surface area contributed by atoms with Gasteiger partial charge in [-0.05, 0) is 37.6 Å². The molecule has 0 aliphatic carbocycles. The molecule has 0 aromatic heterocycles. The minimum atomic E-state index is -1.44. The summed E-state index contributed by atoms with van der Waals surface area (Å²) >= 11 is 0. The predicted octanol–water partition coefficient (Wildman–Crippen LogP) is 3.56. The van der Waals surface area contributed by atoms with Crippen molar-refractivity contribution in [2.24, 2.45) is 0 Å². The van der Waals surface area contributed by atoms with E-state index in [4.69, 9.17) is 0 Å². The van der Waals surface area contributed by atoms with E-state index < -0.39 is 17.5 Å². The zero-order valence-corrected chi connectivity index (χ0v) is 10.5. The number of rotatable bonds is 5. The van der Waals surface area contributed by atoms with Gasteiger partial charge in [0.1, 0.15) is 0 Å². The third-order valence-electron chi connectivity index (χ3n) is 2.53. The molecular weight excluding hydrogens is 239 g/mol. The summed E-state index contributed by atoms with van der Waals surface area (Å²) in [5.41, 5.74) is 0.377. The van der Waals surface area contributed by atoms with Gasteiger partial charge in [-0.2, -0.15) is 0 Å². The van der Waals surface area contributed by atoms with Crippen LogP contribution in [0.3, 0.4) is 0 Å². The average Bonchev–Trinajstić information content (AvgIpc) is 2.35. The zero-order chi connectivity index (χ0) is 13.5. The van der Waals surface area contributed by atoms with Gasteiger partial charge in [-0.3, -0.25) is 0 Å². The molecule has 0 saturated heterocycles. The van der Waals surface area contributed by atoms with Crippen molar-refractivity contribution in [1.82, 2.24) is 5.32 Å². The summed E-state index contributed by atoms with van der Waals surface area (Å²) in [5.74, 6) is 1.82. The summed E-state index contributed by atoms with van der Waals surface area (Å²) in [7, 11) is 0. The fraction of sp³-hybridized carbons (Fsp3) is 0.429. The van der Waals surface area contributed by atoms with E-state index in [9.17, 15) is 13.2 Å². The highest BCUT2D eigenvalue weighted by Crippen LogP contribution is 2.21. The molecule has 0 aliphatic rings. The van der Waals surface area contributed by atoms with Gasteiger partial charge in [-0.1, -0.05) is 6.92 Å². The molecule has 0 radical (unpaired) electrons. The summed E-state index contributed by atoms with van der Waals surface area (Å²) in [6.45, 7) is 4.39. The van der Waals surface area contributed by atoms with Crippen molar-refractivity contribution in [3.8, 4) is 11.8 Å². The standard InChI is InChI=1S/C14H16F3N/c1-3-5-6-13(18-7-4-2)10-8-11(15)14(17)12(16)9-10/h8-9,13,18H,4,6-7H2,1-2H3. The first kappa shape index (κ1) is 14.6. The van der Waals surface area contributed by atoms with Crippen LogP contribution in [0.15, 0.2) is 12.1 Å². The second-order valence-electron chi connectivity index (χ2n) is 3.94. The molecule has 1 aromatic rings. The van der Waals surface area contributed by atoms with E-state index in [-0.39, 0.29) is 6.04 Å². The Morgan fingerprint density at radius 3 is 2.33 bits per heavy atom. The van der Waals surface area contributed by atoms with Gasteiger partial charge in [-0.25, -0.2) is 13.2 Å². The highest BCUT2D eigenvalue weighted by atomic mass is 19.2. The number of nitrogens with one attached hydrogen (secondary N) is 1. The molecule has 98 valence electrons. The molecule has 0 fully saturated rings. The van der Waals surface area contributed by atoms with E-state index in [0.29, 0.717) is 18.5 Å². The van der Waals surface area contributed by atoms with Crippen molar-refractivity contribution in [3.05, 3.63) is 35.1 Å². The van der Waals surface area contributed by atoms with Gasteiger partial charge in [-0.15, -0.1) is 11.8 Å². The van der Waals surface area contributed by atoms with Gasteiger partial charge in [0.15, 0.2) is 17.5 Å². The Kier molecular flexibility index (Phi) is 5.73. The van der Waals surface area contributed by atoms with Crippen LogP contribution in [0, 0.1) is 29.3 Å². The molecule has 1 rings (SSSR count). The van der Waals surface area contributed by atoms with Crippen molar-refractivity contribution < 1.29 is 13.2 Å². The SMILES string of the molecule is CC#CCC(NCCC)c1cc(F)c(F)c(F)c1. The number of halogens is 3. The summed E-state index contributed by atoms with van der Waals surface area (Å²) in [4.78, 5) is 0. The van der Waals surface area contributed by atoms with Crippen LogP contribution in [-0.4, -0.2) is 6.54 Å². The second kappa shape index (κ2) is 7.07. The van der Waals surface area contributed by atoms with E-state index in [0.717, 1.165) is 18.6 Å². The fourth-order valence-electron chi connectivity index (χ4n) is 1.61. The van der Waals surface area contributed by atoms with Crippen LogP contribution in [0.2, 0.25) is 0 Å². The Hall–Kier alpha value is -1.47. The maximum Gasteiger partial charge on any atom is 0.194 e. The van der Waals surface area contributed by atoms with Gasteiger partial charge in [0.25, 0.3) is 0 Å². The average molecular weight is 255 g/mol. The maximum atomic E-state index is 13.2. The first-order valence-electron chi connectivity index (χ1n) is 5.87. The van der Waals surface area contributed by atoms with Crippen LogP contribution >= 0.6 is 0 Å². The minimum absolute atomic E-state index is 0.290. The lowest BCUT2D eigenvalue weighted by Crippen LogP contribution is -2.22. The molecule has 1 atom stereocenters. The summed E-state index contributed by atoms with van der Waals surface area (Å²) < 4.78 is 39.2. The first-order valence-corrected chi connectivity index (χ1v) is 5.87. The summed E-state index contributed by atoms with van der Waals surface area (Å²) in [6, 6.07) is 1.74. The molecule has 0 spiro atoms.